The number of nitrogens with one attached hydrogen (secondary N) is 2. The lowest BCUT2D eigenvalue weighted by Crippen LogP contribution is -2.13. The zero-order valence-corrected chi connectivity index (χ0v) is 10.8. The van der Waals surface area contributed by atoms with E-state index in [-0.39, 0.29) is 5.91 Å². The Labute approximate surface area is 107 Å². The number of amides is 1. The number of hydrogen-bond acceptors (Lipinski definition) is 6. The van der Waals surface area contributed by atoms with E-state index in [2.05, 4.69) is 36.6 Å². The van der Waals surface area contributed by atoms with Crippen molar-refractivity contribution in [2.24, 2.45) is 11.6 Å². The van der Waals surface area contributed by atoms with Gasteiger partial charge in [-0.2, -0.15) is 0 Å². The molecule has 0 saturated carbocycles. The van der Waals surface area contributed by atoms with Crippen molar-refractivity contribution in [1.29, 1.82) is 0 Å². The van der Waals surface area contributed by atoms with Gasteiger partial charge in [0.15, 0.2) is 5.82 Å². The normalized spacial score (nSPS) is 10.0. The number of rotatable bonds is 7. The first kappa shape index (κ1) is 13.7. The number of aromatic nitrogens is 2. The first-order chi connectivity index (χ1) is 8.15. The lowest BCUT2D eigenvalue weighted by molar-refractivity contribution is -0.118. The van der Waals surface area contributed by atoms with Gasteiger partial charge < -0.3 is 16.5 Å². The molecule has 94 valence electrons. The Morgan fingerprint density at radius 3 is 2.71 bits per heavy atom. The smallest absolute Gasteiger partial charge is 0.217 e. The van der Waals surface area contributed by atoms with Crippen LogP contribution in [0.3, 0.4) is 0 Å². The molecular weight excluding hydrogens is 288 g/mol. The zero-order valence-electron chi connectivity index (χ0n) is 9.24. The molecule has 1 aromatic heterocycles. The van der Waals surface area contributed by atoms with Gasteiger partial charge in [-0.05, 0) is 28.8 Å². The minimum absolute atomic E-state index is 0.275. The Bertz CT molecular complexity index is 386. The summed E-state index contributed by atoms with van der Waals surface area (Å²) in [7, 11) is 0. The van der Waals surface area contributed by atoms with Crippen molar-refractivity contribution in [3.05, 3.63) is 10.8 Å². The van der Waals surface area contributed by atoms with Gasteiger partial charge in [-0.15, -0.1) is 0 Å². The molecular formula is C9H15BrN6O. The van der Waals surface area contributed by atoms with E-state index in [1.54, 1.807) is 0 Å². The molecule has 0 aliphatic rings. The highest BCUT2D eigenvalue weighted by molar-refractivity contribution is 9.10. The first-order valence-electron chi connectivity index (χ1n) is 5.14. The number of nitrogens with two attached hydrogens (primary N) is 2. The molecule has 0 radical (unpaired) electrons. The minimum atomic E-state index is -0.275. The highest BCUT2D eigenvalue weighted by atomic mass is 79.9. The van der Waals surface area contributed by atoms with Gasteiger partial charge >= 0.3 is 0 Å². The minimum Gasteiger partial charge on any atom is -0.370 e. The molecule has 8 heteroatoms. The number of anilines is 2. The lowest BCUT2D eigenvalue weighted by Gasteiger charge is -2.09. The van der Waals surface area contributed by atoms with Gasteiger partial charge in [0.25, 0.3) is 0 Å². The number of primary amides is 1. The second kappa shape index (κ2) is 7.02. The van der Waals surface area contributed by atoms with Crippen molar-refractivity contribution < 1.29 is 4.79 Å². The van der Waals surface area contributed by atoms with Crippen molar-refractivity contribution in [3.8, 4) is 0 Å². The average molecular weight is 303 g/mol. The largest absolute Gasteiger partial charge is 0.370 e. The molecule has 0 aliphatic carbocycles. The van der Waals surface area contributed by atoms with Crippen LogP contribution in [0.15, 0.2) is 10.8 Å². The topological polar surface area (TPSA) is 119 Å². The molecule has 1 rings (SSSR count). The number of nitrogens with zero attached hydrogens (tertiary/aromatic N) is 2. The van der Waals surface area contributed by atoms with Crippen LogP contribution in [0.1, 0.15) is 19.3 Å². The molecule has 6 N–H and O–H groups in total. The van der Waals surface area contributed by atoms with Gasteiger partial charge in [0.1, 0.15) is 16.6 Å². The fourth-order valence-electron chi connectivity index (χ4n) is 1.22. The van der Waals surface area contributed by atoms with E-state index in [4.69, 9.17) is 11.6 Å². The molecule has 1 heterocycles. The van der Waals surface area contributed by atoms with Gasteiger partial charge in [-0.25, -0.2) is 15.8 Å². The van der Waals surface area contributed by atoms with Gasteiger partial charge in [0.05, 0.1) is 0 Å². The number of carbonyl (C=O) groups excluding carboxylic acids is 1. The predicted octanol–water partition coefficient (Wildman–Crippen LogP) is 0.592. The maximum absolute atomic E-state index is 10.5. The number of unbranched alkanes of at least 4 members (excludes halogenated alkanes) is 1. The fourth-order valence-corrected chi connectivity index (χ4v) is 1.68. The standard InChI is InChI=1S/C9H15BrN6O/c10-7-8(14-5-15-9(7)16-12)13-4-2-1-3-6(11)17/h5H,1-4,12H2,(H2,11,17)(H2,13,14,15,16). The molecule has 7 nitrogen and oxygen atoms in total. The van der Waals surface area contributed by atoms with Crippen LogP contribution in [0.5, 0.6) is 0 Å². The van der Waals surface area contributed by atoms with Crippen molar-refractivity contribution in [3.63, 3.8) is 0 Å². The molecule has 0 fully saturated rings. The Morgan fingerprint density at radius 2 is 2.06 bits per heavy atom. The van der Waals surface area contributed by atoms with E-state index in [0.29, 0.717) is 29.1 Å². The summed E-state index contributed by atoms with van der Waals surface area (Å²) in [6, 6.07) is 0. The Balaban J connectivity index is 2.39. The summed E-state index contributed by atoms with van der Waals surface area (Å²) in [6.07, 6.45) is 3.41. The molecule has 1 aromatic rings. The monoisotopic (exact) mass is 302 g/mol. The Morgan fingerprint density at radius 1 is 1.35 bits per heavy atom. The summed E-state index contributed by atoms with van der Waals surface area (Å²) >= 11 is 3.33. The second-order valence-electron chi connectivity index (χ2n) is 3.38. The molecule has 0 bridgehead atoms. The maximum atomic E-state index is 10.5. The van der Waals surface area contributed by atoms with Crippen LogP contribution in [0.4, 0.5) is 11.6 Å². The van der Waals surface area contributed by atoms with Crippen LogP contribution in [0.25, 0.3) is 0 Å². The van der Waals surface area contributed by atoms with E-state index in [1.807, 2.05) is 0 Å². The van der Waals surface area contributed by atoms with Crippen LogP contribution in [-0.2, 0) is 4.79 Å². The number of carbonyl (C=O) groups is 1. The fraction of sp³-hybridized carbons (Fsp3) is 0.444. The number of hydrazine groups is 1. The third-order valence-corrected chi connectivity index (χ3v) is 2.82. The quantitative estimate of drug-likeness (QED) is 0.332. The average Bonchev–Trinajstić information content (AvgIpc) is 2.30. The summed E-state index contributed by atoms with van der Waals surface area (Å²) in [5.41, 5.74) is 7.49. The van der Waals surface area contributed by atoms with Crippen molar-refractivity contribution in [2.45, 2.75) is 19.3 Å². The first-order valence-corrected chi connectivity index (χ1v) is 5.93. The van der Waals surface area contributed by atoms with Crippen LogP contribution >= 0.6 is 15.9 Å². The van der Waals surface area contributed by atoms with E-state index in [9.17, 15) is 4.79 Å². The highest BCUT2D eigenvalue weighted by Crippen LogP contribution is 2.25. The van der Waals surface area contributed by atoms with E-state index >= 15 is 0 Å². The summed E-state index contributed by atoms with van der Waals surface area (Å²) in [5, 5.41) is 3.12. The Kier molecular flexibility index (Phi) is 5.64. The number of halogens is 1. The molecule has 1 amide bonds. The summed E-state index contributed by atoms with van der Waals surface area (Å²) < 4.78 is 0.678. The molecule has 0 spiro atoms. The van der Waals surface area contributed by atoms with Gasteiger partial charge in [0.2, 0.25) is 5.91 Å². The summed E-state index contributed by atoms with van der Waals surface area (Å²) in [6.45, 7) is 0.701. The van der Waals surface area contributed by atoms with Crippen LogP contribution < -0.4 is 22.3 Å². The third-order valence-electron chi connectivity index (χ3n) is 2.07. The van der Waals surface area contributed by atoms with Gasteiger partial charge in [-0.3, -0.25) is 4.79 Å². The molecule has 0 unspecified atom stereocenters. The van der Waals surface area contributed by atoms with E-state index < -0.39 is 0 Å². The summed E-state index contributed by atoms with van der Waals surface area (Å²) in [5.74, 6) is 6.18. The van der Waals surface area contributed by atoms with Crippen LogP contribution in [0.2, 0.25) is 0 Å². The molecule has 0 aromatic carbocycles. The van der Waals surface area contributed by atoms with Crippen molar-refractivity contribution in [2.75, 3.05) is 17.3 Å². The summed E-state index contributed by atoms with van der Waals surface area (Å²) in [4.78, 5) is 18.5. The molecule has 0 aliphatic heterocycles. The third kappa shape index (κ3) is 4.53. The molecule has 0 atom stereocenters. The van der Waals surface area contributed by atoms with Gasteiger partial charge in [0, 0.05) is 13.0 Å². The van der Waals surface area contributed by atoms with Crippen molar-refractivity contribution >= 4 is 33.5 Å². The SMILES string of the molecule is NNc1ncnc(NCCCCC(N)=O)c1Br. The maximum Gasteiger partial charge on any atom is 0.217 e. The predicted molar refractivity (Wildman–Crippen MR) is 69.1 cm³/mol. The molecule has 17 heavy (non-hydrogen) atoms. The number of hydrogen-bond donors (Lipinski definition) is 4. The zero-order chi connectivity index (χ0) is 12.7. The number of nitrogen functional groups attached to an aromatic ring is 1. The van der Waals surface area contributed by atoms with Gasteiger partial charge in [-0.1, -0.05) is 0 Å². The van der Waals surface area contributed by atoms with Crippen LogP contribution in [-0.4, -0.2) is 22.4 Å². The molecule has 0 saturated heterocycles. The lowest BCUT2D eigenvalue weighted by atomic mass is 10.2. The Hall–Kier alpha value is -1.41. The van der Waals surface area contributed by atoms with E-state index in [0.717, 1.165) is 12.8 Å². The van der Waals surface area contributed by atoms with Crippen LogP contribution in [0, 0.1) is 0 Å². The van der Waals surface area contributed by atoms with Crippen molar-refractivity contribution in [1.82, 2.24) is 9.97 Å². The second-order valence-corrected chi connectivity index (χ2v) is 4.17. The highest BCUT2D eigenvalue weighted by Gasteiger charge is 2.06. The van der Waals surface area contributed by atoms with E-state index in [1.165, 1.54) is 6.33 Å².